The van der Waals surface area contributed by atoms with Crippen molar-refractivity contribution in [2.24, 2.45) is 0 Å². The zero-order valence-corrected chi connectivity index (χ0v) is 5.82. The average molecular weight is 139 g/mol. The first-order valence-electron chi connectivity index (χ1n) is 3.21. The summed E-state index contributed by atoms with van der Waals surface area (Å²) in [6.07, 6.45) is 3.26. The van der Waals surface area contributed by atoms with Gasteiger partial charge in [0, 0.05) is 6.54 Å². The van der Waals surface area contributed by atoms with Crippen LogP contribution in [0.5, 0.6) is 0 Å². The minimum Gasteiger partial charge on any atom is -0.311 e. The van der Waals surface area contributed by atoms with Gasteiger partial charge in [0.25, 0.3) is 0 Å². The second-order valence-electron chi connectivity index (χ2n) is 2.00. The van der Waals surface area contributed by atoms with Crippen molar-refractivity contribution in [3.05, 3.63) is 12.2 Å². The molecule has 4 heteroatoms. The van der Waals surface area contributed by atoms with Crippen molar-refractivity contribution >= 4 is 6.29 Å². The largest absolute Gasteiger partial charge is 0.311 e. The van der Waals surface area contributed by atoms with Gasteiger partial charge in [-0.1, -0.05) is 6.92 Å². The Balaban J connectivity index is 2.79. The molecule has 0 fully saturated rings. The second-order valence-corrected chi connectivity index (χ2v) is 2.00. The molecule has 1 heterocycles. The molecule has 54 valence electrons. The highest BCUT2D eigenvalue weighted by molar-refractivity contribution is 5.68. The lowest BCUT2D eigenvalue weighted by molar-refractivity contribution is 0.111. The summed E-state index contributed by atoms with van der Waals surface area (Å²) in [6.45, 7) is 2.84. The Kier molecular flexibility index (Phi) is 2.15. The number of nitrogens with zero attached hydrogens (tertiary/aromatic N) is 3. The fourth-order valence-corrected chi connectivity index (χ4v) is 0.768. The van der Waals surface area contributed by atoms with Crippen LogP contribution >= 0.6 is 0 Å². The summed E-state index contributed by atoms with van der Waals surface area (Å²) < 4.78 is 1.73. The molecule has 0 N–H and O–H groups in total. The molecular formula is C6H9N3O. The molecule has 0 aliphatic heterocycles. The van der Waals surface area contributed by atoms with Crippen molar-refractivity contribution in [2.45, 2.75) is 19.9 Å². The highest BCUT2D eigenvalue weighted by Gasteiger charge is 1.98. The molecule has 1 rings (SSSR count). The molecule has 0 aliphatic rings. The van der Waals surface area contributed by atoms with Crippen LogP contribution in [0, 0.1) is 0 Å². The van der Waals surface area contributed by atoms with E-state index in [0.29, 0.717) is 12.1 Å². The standard InChI is InChI=1S/C6H9N3O/c1-2-3-9-5-7-8-6(9)4-10/h4-5H,2-3H2,1H3. The van der Waals surface area contributed by atoms with E-state index in [9.17, 15) is 4.79 Å². The number of rotatable bonds is 3. The van der Waals surface area contributed by atoms with Gasteiger partial charge in [-0.2, -0.15) is 0 Å². The van der Waals surface area contributed by atoms with E-state index in [1.807, 2.05) is 6.92 Å². The van der Waals surface area contributed by atoms with Crippen LogP contribution in [-0.2, 0) is 6.54 Å². The SMILES string of the molecule is CCCn1cnnc1C=O. The molecule has 0 atom stereocenters. The number of hydrogen-bond acceptors (Lipinski definition) is 3. The summed E-state index contributed by atoms with van der Waals surface area (Å²) in [6, 6.07) is 0. The van der Waals surface area contributed by atoms with Crippen molar-refractivity contribution in [1.82, 2.24) is 14.8 Å². The Morgan fingerprint density at radius 2 is 2.60 bits per heavy atom. The van der Waals surface area contributed by atoms with Gasteiger partial charge in [0.05, 0.1) is 0 Å². The van der Waals surface area contributed by atoms with Gasteiger partial charge < -0.3 is 4.57 Å². The lowest BCUT2D eigenvalue weighted by Gasteiger charge is -1.96. The minimum absolute atomic E-state index is 0.404. The smallest absolute Gasteiger partial charge is 0.196 e. The highest BCUT2D eigenvalue weighted by Crippen LogP contribution is 1.92. The number of aryl methyl sites for hydroxylation is 1. The molecule has 4 nitrogen and oxygen atoms in total. The number of carbonyl (C=O) groups is 1. The van der Waals surface area contributed by atoms with Crippen LogP contribution < -0.4 is 0 Å². The zero-order chi connectivity index (χ0) is 7.40. The number of aromatic nitrogens is 3. The van der Waals surface area contributed by atoms with Gasteiger partial charge in [0.1, 0.15) is 6.33 Å². The van der Waals surface area contributed by atoms with E-state index in [-0.39, 0.29) is 0 Å². The average Bonchev–Trinajstić information content (AvgIpc) is 2.36. The first-order valence-corrected chi connectivity index (χ1v) is 3.21. The molecule has 0 saturated heterocycles. The van der Waals surface area contributed by atoms with Crippen LogP contribution in [0.15, 0.2) is 6.33 Å². The second kappa shape index (κ2) is 3.10. The fraction of sp³-hybridized carbons (Fsp3) is 0.500. The monoisotopic (exact) mass is 139 g/mol. The molecule has 1 aromatic rings. The van der Waals surface area contributed by atoms with E-state index in [1.165, 1.54) is 0 Å². The lowest BCUT2D eigenvalue weighted by Crippen LogP contribution is -2.00. The molecule has 0 bridgehead atoms. The summed E-state index contributed by atoms with van der Waals surface area (Å²) >= 11 is 0. The van der Waals surface area contributed by atoms with E-state index in [1.54, 1.807) is 10.9 Å². The molecule has 0 unspecified atom stereocenters. The van der Waals surface area contributed by atoms with Crippen molar-refractivity contribution in [3.8, 4) is 0 Å². The summed E-state index contributed by atoms with van der Waals surface area (Å²) in [5.41, 5.74) is 0. The van der Waals surface area contributed by atoms with Gasteiger partial charge in [-0.05, 0) is 6.42 Å². The van der Waals surface area contributed by atoms with Crippen LogP contribution in [0.2, 0.25) is 0 Å². The van der Waals surface area contributed by atoms with Gasteiger partial charge in [-0.3, -0.25) is 4.79 Å². The van der Waals surface area contributed by atoms with Gasteiger partial charge in [0.15, 0.2) is 12.1 Å². The third-order valence-electron chi connectivity index (χ3n) is 1.22. The van der Waals surface area contributed by atoms with Crippen molar-refractivity contribution in [1.29, 1.82) is 0 Å². The number of carbonyl (C=O) groups excluding carboxylic acids is 1. The maximum atomic E-state index is 10.2. The molecule has 1 aromatic heterocycles. The summed E-state index contributed by atoms with van der Waals surface area (Å²) in [5.74, 6) is 0.404. The van der Waals surface area contributed by atoms with E-state index in [4.69, 9.17) is 0 Å². The normalized spacial score (nSPS) is 9.70. The van der Waals surface area contributed by atoms with Gasteiger partial charge >= 0.3 is 0 Å². The summed E-state index contributed by atoms with van der Waals surface area (Å²) in [7, 11) is 0. The number of aldehydes is 1. The van der Waals surface area contributed by atoms with Crippen LogP contribution in [0.25, 0.3) is 0 Å². The molecule has 0 spiro atoms. The summed E-state index contributed by atoms with van der Waals surface area (Å²) in [4.78, 5) is 10.2. The molecular weight excluding hydrogens is 130 g/mol. The van der Waals surface area contributed by atoms with E-state index in [2.05, 4.69) is 10.2 Å². The van der Waals surface area contributed by atoms with Crippen molar-refractivity contribution in [3.63, 3.8) is 0 Å². The lowest BCUT2D eigenvalue weighted by atomic mass is 10.5. The zero-order valence-electron chi connectivity index (χ0n) is 5.82. The van der Waals surface area contributed by atoms with Gasteiger partial charge in [-0.15, -0.1) is 10.2 Å². The van der Waals surface area contributed by atoms with Crippen LogP contribution in [0.4, 0.5) is 0 Å². The highest BCUT2D eigenvalue weighted by atomic mass is 16.1. The molecule has 10 heavy (non-hydrogen) atoms. The Bertz CT molecular complexity index is 219. The van der Waals surface area contributed by atoms with Crippen molar-refractivity contribution < 1.29 is 4.79 Å². The van der Waals surface area contributed by atoms with Gasteiger partial charge in [0.2, 0.25) is 0 Å². The predicted octanol–water partition coefficient (Wildman–Crippen LogP) is 0.501. The Hall–Kier alpha value is -1.19. The number of hydrogen-bond donors (Lipinski definition) is 0. The van der Waals surface area contributed by atoms with Gasteiger partial charge in [-0.25, -0.2) is 0 Å². The summed E-state index contributed by atoms with van der Waals surface area (Å²) in [5, 5.41) is 7.19. The minimum atomic E-state index is 0.404. The predicted molar refractivity (Wildman–Crippen MR) is 35.7 cm³/mol. The van der Waals surface area contributed by atoms with Crippen molar-refractivity contribution in [2.75, 3.05) is 0 Å². The molecule has 0 radical (unpaired) electrons. The molecule has 0 saturated carbocycles. The third-order valence-corrected chi connectivity index (χ3v) is 1.22. The van der Waals surface area contributed by atoms with E-state index >= 15 is 0 Å². The Labute approximate surface area is 58.9 Å². The van der Waals surface area contributed by atoms with Crippen LogP contribution in [0.1, 0.15) is 24.0 Å². The van der Waals surface area contributed by atoms with Crippen LogP contribution in [0.3, 0.4) is 0 Å². The molecule has 0 aliphatic carbocycles. The molecule has 0 aromatic carbocycles. The first kappa shape index (κ1) is 6.92. The first-order chi connectivity index (χ1) is 4.88. The fourth-order valence-electron chi connectivity index (χ4n) is 0.768. The topological polar surface area (TPSA) is 47.8 Å². The molecule has 0 amide bonds. The quantitative estimate of drug-likeness (QED) is 0.573. The Morgan fingerprint density at radius 3 is 3.20 bits per heavy atom. The van der Waals surface area contributed by atoms with Crippen LogP contribution in [-0.4, -0.2) is 21.1 Å². The maximum Gasteiger partial charge on any atom is 0.196 e. The van der Waals surface area contributed by atoms with E-state index < -0.39 is 0 Å². The Morgan fingerprint density at radius 1 is 1.80 bits per heavy atom. The van der Waals surface area contributed by atoms with E-state index in [0.717, 1.165) is 13.0 Å². The third kappa shape index (κ3) is 1.21. The maximum absolute atomic E-state index is 10.2.